The first-order valence-electron chi connectivity index (χ1n) is 7.32. The highest BCUT2D eigenvalue weighted by molar-refractivity contribution is 7.99. The minimum absolute atomic E-state index is 0.271. The summed E-state index contributed by atoms with van der Waals surface area (Å²) >= 11 is 1.52. The summed E-state index contributed by atoms with van der Waals surface area (Å²) in [6.07, 6.45) is 1.98. The van der Waals surface area contributed by atoms with Crippen molar-refractivity contribution in [1.82, 2.24) is 14.8 Å². The molecule has 2 aromatic rings. The standard InChI is InChI=1S/C15H20N4O2S/c1-21-12-6-4-11(5-7-12)19-14(8-16)17-18-15(19)22-9-13(20)10-2-3-10/h4-7,10,13,20H,2-3,8-9,16H2,1H3/t13-/m1/s1. The zero-order valence-corrected chi connectivity index (χ0v) is 13.3. The third-order valence-electron chi connectivity index (χ3n) is 3.76. The second-order valence-corrected chi connectivity index (χ2v) is 6.34. The lowest BCUT2D eigenvalue weighted by Crippen LogP contribution is -2.13. The van der Waals surface area contributed by atoms with Crippen LogP contribution in [0.1, 0.15) is 18.7 Å². The summed E-state index contributed by atoms with van der Waals surface area (Å²) in [6.45, 7) is 0.310. The Morgan fingerprint density at radius 2 is 2.09 bits per heavy atom. The SMILES string of the molecule is COc1ccc(-n2c(CN)nnc2SC[C@@H](O)C2CC2)cc1. The fourth-order valence-corrected chi connectivity index (χ4v) is 3.32. The molecular formula is C15H20N4O2S. The van der Waals surface area contributed by atoms with Gasteiger partial charge in [0.25, 0.3) is 0 Å². The zero-order chi connectivity index (χ0) is 15.5. The number of thioether (sulfide) groups is 1. The lowest BCUT2D eigenvalue weighted by Gasteiger charge is -2.12. The van der Waals surface area contributed by atoms with E-state index in [1.165, 1.54) is 11.8 Å². The summed E-state index contributed by atoms with van der Waals surface area (Å²) in [7, 11) is 1.64. The number of hydrogen-bond acceptors (Lipinski definition) is 6. The molecule has 0 bridgehead atoms. The van der Waals surface area contributed by atoms with E-state index in [0.717, 1.165) is 29.4 Å². The fourth-order valence-electron chi connectivity index (χ4n) is 2.29. The van der Waals surface area contributed by atoms with Gasteiger partial charge in [-0.3, -0.25) is 4.57 Å². The predicted octanol–water partition coefficient (Wildman–Crippen LogP) is 1.60. The van der Waals surface area contributed by atoms with Crippen molar-refractivity contribution in [3.8, 4) is 11.4 Å². The first-order chi connectivity index (χ1) is 10.7. The van der Waals surface area contributed by atoms with E-state index in [1.807, 2.05) is 28.8 Å². The summed E-state index contributed by atoms with van der Waals surface area (Å²) in [5, 5.41) is 19.1. The van der Waals surface area contributed by atoms with Crippen LogP contribution in [0.25, 0.3) is 5.69 Å². The van der Waals surface area contributed by atoms with Crippen LogP contribution in [0.4, 0.5) is 0 Å². The number of benzene rings is 1. The number of rotatable bonds is 7. The van der Waals surface area contributed by atoms with Gasteiger partial charge in [0.05, 0.1) is 19.8 Å². The van der Waals surface area contributed by atoms with Crippen molar-refractivity contribution >= 4 is 11.8 Å². The summed E-state index contributed by atoms with van der Waals surface area (Å²) in [6, 6.07) is 7.68. The van der Waals surface area contributed by atoms with Crippen LogP contribution in [0.5, 0.6) is 5.75 Å². The Morgan fingerprint density at radius 3 is 2.68 bits per heavy atom. The molecule has 1 aliphatic carbocycles. The van der Waals surface area contributed by atoms with Crippen molar-refractivity contribution in [2.45, 2.75) is 30.6 Å². The molecule has 0 saturated heterocycles. The first kappa shape index (κ1) is 15.3. The minimum Gasteiger partial charge on any atom is -0.497 e. The lowest BCUT2D eigenvalue weighted by molar-refractivity contribution is 0.176. The van der Waals surface area contributed by atoms with E-state index >= 15 is 0 Å². The maximum Gasteiger partial charge on any atom is 0.195 e. The van der Waals surface area contributed by atoms with Gasteiger partial charge in [0.15, 0.2) is 11.0 Å². The number of nitrogens with zero attached hydrogens (tertiary/aromatic N) is 3. The van der Waals surface area contributed by atoms with Gasteiger partial charge < -0.3 is 15.6 Å². The third-order valence-corrected chi connectivity index (χ3v) is 4.79. The van der Waals surface area contributed by atoms with Crippen molar-refractivity contribution in [3.63, 3.8) is 0 Å². The molecule has 1 saturated carbocycles. The Hall–Kier alpha value is -1.57. The van der Waals surface area contributed by atoms with Crippen LogP contribution in [-0.2, 0) is 6.54 Å². The second kappa shape index (κ2) is 6.68. The summed E-state index contributed by atoms with van der Waals surface area (Å²) in [5.74, 6) is 2.58. The van der Waals surface area contributed by atoms with Gasteiger partial charge in [-0.25, -0.2) is 0 Å². The quantitative estimate of drug-likeness (QED) is 0.754. The Kier molecular flexibility index (Phi) is 4.66. The number of nitrogens with two attached hydrogens (primary N) is 1. The van der Waals surface area contributed by atoms with Crippen LogP contribution in [0, 0.1) is 5.92 Å². The van der Waals surface area contributed by atoms with Crippen LogP contribution in [0.2, 0.25) is 0 Å². The van der Waals surface area contributed by atoms with Crippen LogP contribution < -0.4 is 10.5 Å². The molecule has 1 aromatic carbocycles. The number of aliphatic hydroxyl groups is 1. The molecule has 1 aromatic heterocycles. The van der Waals surface area contributed by atoms with E-state index in [1.54, 1.807) is 7.11 Å². The number of aliphatic hydroxyl groups excluding tert-OH is 1. The summed E-state index contributed by atoms with van der Waals surface area (Å²) in [4.78, 5) is 0. The van der Waals surface area contributed by atoms with Crippen LogP contribution >= 0.6 is 11.8 Å². The molecule has 22 heavy (non-hydrogen) atoms. The van der Waals surface area contributed by atoms with Gasteiger partial charge in [0, 0.05) is 11.4 Å². The topological polar surface area (TPSA) is 86.2 Å². The summed E-state index contributed by atoms with van der Waals surface area (Å²) in [5.41, 5.74) is 6.70. The highest BCUT2D eigenvalue weighted by Crippen LogP contribution is 2.35. The second-order valence-electron chi connectivity index (χ2n) is 5.35. The molecule has 6 nitrogen and oxygen atoms in total. The lowest BCUT2D eigenvalue weighted by atomic mass is 10.3. The minimum atomic E-state index is -0.271. The van der Waals surface area contributed by atoms with E-state index in [0.29, 0.717) is 24.0 Å². The Labute approximate surface area is 133 Å². The van der Waals surface area contributed by atoms with Crippen molar-refractivity contribution < 1.29 is 9.84 Å². The molecule has 1 fully saturated rings. The Morgan fingerprint density at radius 1 is 1.36 bits per heavy atom. The van der Waals surface area contributed by atoms with Gasteiger partial charge in [-0.2, -0.15) is 0 Å². The van der Waals surface area contributed by atoms with E-state index in [2.05, 4.69) is 10.2 Å². The average molecular weight is 320 g/mol. The highest BCUT2D eigenvalue weighted by Gasteiger charge is 2.30. The van der Waals surface area contributed by atoms with Gasteiger partial charge in [0.1, 0.15) is 5.75 Å². The molecule has 1 atom stereocenters. The summed E-state index contributed by atoms with van der Waals surface area (Å²) < 4.78 is 7.12. The predicted molar refractivity (Wildman–Crippen MR) is 85.3 cm³/mol. The largest absolute Gasteiger partial charge is 0.497 e. The maximum atomic E-state index is 10.0. The molecule has 7 heteroatoms. The molecule has 0 radical (unpaired) electrons. The van der Waals surface area contributed by atoms with Crippen molar-refractivity contribution in [3.05, 3.63) is 30.1 Å². The normalized spacial score (nSPS) is 15.8. The van der Waals surface area contributed by atoms with Crippen molar-refractivity contribution in [2.24, 2.45) is 11.7 Å². The number of aromatic nitrogens is 3. The molecule has 118 valence electrons. The van der Waals surface area contributed by atoms with Crippen molar-refractivity contribution in [1.29, 1.82) is 0 Å². The van der Waals surface area contributed by atoms with Crippen LogP contribution in [0.3, 0.4) is 0 Å². The molecule has 3 rings (SSSR count). The van der Waals surface area contributed by atoms with Gasteiger partial charge in [-0.1, -0.05) is 11.8 Å². The zero-order valence-electron chi connectivity index (χ0n) is 12.5. The first-order valence-corrected chi connectivity index (χ1v) is 8.31. The van der Waals surface area contributed by atoms with E-state index in [9.17, 15) is 5.11 Å². The molecule has 3 N–H and O–H groups in total. The monoisotopic (exact) mass is 320 g/mol. The molecule has 0 aliphatic heterocycles. The third kappa shape index (κ3) is 3.26. The van der Waals surface area contributed by atoms with E-state index in [4.69, 9.17) is 10.5 Å². The average Bonchev–Trinajstić information content (AvgIpc) is 3.33. The van der Waals surface area contributed by atoms with Crippen LogP contribution in [-0.4, -0.2) is 38.8 Å². The van der Waals surface area contributed by atoms with E-state index in [-0.39, 0.29) is 6.10 Å². The molecule has 0 spiro atoms. The van der Waals surface area contributed by atoms with Gasteiger partial charge in [-0.15, -0.1) is 10.2 Å². The van der Waals surface area contributed by atoms with Gasteiger partial charge in [-0.05, 0) is 43.0 Å². The molecule has 1 aliphatic rings. The molecule has 0 amide bonds. The van der Waals surface area contributed by atoms with E-state index < -0.39 is 0 Å². The number of ether oxygens (including phenoxy) is 1. The molecular weight excluding hydrogens is 300 g/mol. The Balaban J connectivity index is 1.82. The maximum absolute atomic E-state index is 10.0. The number of methoxy groups -OCH3 is 1. The highest BCUT2D eigenvalue weighted by atomic mass is 32.2. The Bertz CT molecular complexity index is 625. The molecule has 0 unspecified atom stereocenters. The van der Waals surface area contributed by atoms with Gasteiger partial charge in [0.2, 0.25) is 0 Å². The fraction of sp³-hybridized carbons (Fsp3) is 0.467. The van der Waals surface area contributed by atoms with Crippen LogP contribution in [0.15, 0.2) is 29.4 Å². The van der Waals surface area contributed by atoms with Gasteiger partial charge >= 0.3 is 0 Å². The number of hydrogen-bond donors (Lipinski definition) is 2. The smallest absolute Gasteiger partial charge is 0.195 e. The van der Waals surface area contributed by atoms with Crippen molar-refractivity contribution in [2.75, 3.05) is 12.9 Å². The molecule has 1 heterocycles.